The molecular weight excluding hydrogens is 382 g/mol. The first-order chi connectivity index (χ1) is 10.9. The molecule has 1 aromatic heterocycles. The molecule has 0 unspecified atom stereocenters. The van der Waals surface area contributed by atoms with Crippen LogP contribution in [0.1, 0.15) is 29.6 Å². The average Bonchev–Trinajstić information content (AvgIpc) is 3.18. The largest absolute Gasteiger partial charge is 0.465 e. The van der Waals surface area contributed by atoms with E-state index in [2.05, 4.69) is 22.5 Å². The number of esters is 1. The SMILES string of the molecule is C=CCC1(S(=O)(=O)n2ccc3c(C(=O)OC)cc(Br)cc32)CC1. The van der Waals surface area contributed by atoms with Crippen molar-refractivity contribution < 1.29 is 17.9 Å². The highest BCUT2D eigenvalue weighted by atomic mass is 79.9. The summed E-state index contributed by atoms with van der Waals surface area (Å²) in [7, 11) is -2.27. The Morgan fingerprint density at radius 2 is 2.17 bits per heavy atom. The van der Waals surface area contributed by atoms with Crippen molar-refractivity contribution in [3.63, 3.8) is 0 Å². The highest BCUT2D eigenvalue weighted by Gasteiger charge is 2.54. The number of carbonyl (C=O) groups excluding carboxylic acids is 1. The number of hydrogen-bond acceptors (Lipinski definition) is 4. The number of fused-ring (bicyclic) bond motifs is 1. The molecule has 1 aliphatic carbocycles. The first kappa shape index (κ1) is 16.3. The summed E-state index contributed by atoms with van der Waals surface area (Å²) in [4.78, 5) is 11.9. The second-order valence-electron chi connectivity index (χ2n) is 5.67. The van der Waals surface area contributed by atoms with Crippen molar-refractivity contribution in [1.29, 1.82) is 0 Å². The summed E-state index contributed by atoms with van der Waals surface area (Å²) < 4.78 is 32.0. The van der Waals surface area contributed by atoms with Crippen molar-refractivity contribution in [2.75, 3.05) is 7.11 Å². The topological polar surface area (TPSA) is 65.4 Å². The van der Waals surface area contributed by atoms with Crippen molar-refractivity contribution in [2.45, 2.75) is 24.0 Å². The summed E-state index contributed by atoms with van der Waals surface area (Å²) in [5.74, 6) is -0.501. The van der Waals surface area contributed by atoms with E-state index in [0.29, 0.717) is 40.2 Å². The number of methoxy groups -OCH3 is 1. The Balaban J connectivity index is 2.23. The van der Waals surface area contributed by atoms with Gasteiger partial charge in [0, 0.05) is 16.1 Å². The lowest BCUT2D eigenvalue weighted by molar-refractivity contribution is 0.0603. The van der Waals surface area contributed by atoms with Gasteiger partial charge in [-0.2, -0.15) is 0 Å². The molecule has 0 amide bonds. The van der Waals surface area contributed by atoms with Gasteiger partial charge in [0.2, 0.25) is 10.0 Å². The zero-order valence-electron chi connectivity index (χ0n) is 12.6. The van der Waals surface area contributed by atoms with Crippen LogP contribution in [0.15, 0.2) is 41.5 Å². The number of aromatic nitrogens is 1. The maximum absolute atomic E-state index is 13.0. The number of allylic oxidation sites excluding steroid dienone is 1. The predicted octanol–water partition coefficient (Wildman–Crippen LogP) is 3.48. The Kier molecular flexibility index (Phi) is 3.88. The molecule has 0 bridgehead atoms. The minimum absolute atomic E-state index is 0.333. The normalized spacial score (nSPS) is 16.3. The van der Waals surface area contributed by atoms with Crippen LogP contribution in [0.5, 0.6) is 0 Å². The molecule has 1 heterocycles. The highest BCUT2D eigenvalue weighted by molar-refractivity contribution is 9.10. The molecule has 1 fully saturated rings. The fourth-order valence-corrected chi connectivity index (χ4v) is 5.29. The van der Waals surface area contributed by atoms with E-state index in [1.165, 1.54) is 17.3 Å². The Morgan fingerprint density at radius 3 is 2.74 bits per heavy atom. The molecule has 2 aromatic rings. The molecule has 0 aliphatic heterocycles. The number of nitrogens with zero attached hydrogens (tertiary/aromatic N) is 1. The van der Waals surface area contributed by atoms with Crippen molar-refractivity contribution in [3.8, 4) is 0 Å². The molecule has 0 spiro atoms. The molecule has 3 rings (SSSR count). The molecular formula is C16H16BrNO4S. The fraction of sp³-hybridized carbons (Fsp3) is 0.312. The van der Waals surface area contributed by atoms with Gasteiger partial charge in [-0.1, -0.05) is 22.0 Å². The zero-order chi connectivity index (χ0) is 16.8. The first-order valence-electron chi connectivity index (χ1n) is 7.11. The van der Waals surface area contributed by atoms with E-state index in [4.69, 9.17) is 4.74 Å². The van der Waals surface area contributed by atoms with Crippen LogP contribution in [0.3, 0.4) is 0 Å². The van der Waals surface area contributed by atoms with Gasteiger partial charge in [0.25, 0.3) is 0 Å². The summed E-state index contributed by atoms with van der Waals surface area (Å²) in [6, 6.07) is 4.96. The quantitative estimate of drug-likeness (QED) is 0.572. The van der Waals surface area contributed by atoms with Crippen LogP contribution in [-0.2, 0) is 14.8 Å². The Hall–Kier alpha value is -1.60. The van der Waals surface area contributed by atoms with E-state index in [1.807, 2.05) is 0 Å². The van der Waals surface area contributed by atoms with E-state index in [1.54, 1.807) is 24.3 Å². The summed E-state index contributed by atoms with van der Waals surface area (Å²) in [6.45, 7) is 3.66. The summed E-state index contributed by atoms with van der Waals surface area (Å²) in [5, 5.41) is 0.554. The van der Waals surface area contributed by atoms with Gasteiger partial charge in [0.05, 0.1) is 22.9 Å². The maximum Gasteiger partial charge on any atom is 0.338 e. The smallest absolute Gasteiger partial charge is 0.338 e. The zero-order valence-corrected chi connectivity index (χ0v) is 15.0. The van der Waals surface area contributed by atoms with Crippen LogP contribution >= 0.6 is 15.9 Å². The second-order valence-corrected chi connectivity index (χ2v) is 8.80. The molecule has 0 radical (unpaired) electrons. The van der Waals surface area contributed by atoms with Crippen LogP contribution < -0.4 is 0 Å². The molecule has 0 N–H and O–H groups in total. The maximum atomic E-state index is 13.0. The third-order valence-electron chi connectivity index (χ3n) is 4.27. The van der Waals surface area contributed by atoms with E-state index in [9.17, 15) is 13.2 Å². The third-order valence-corrected chi connectivity index (χ3v) is 7.24. The fourth-order valence-electron chi connectivity index (χ4n) is 2.85. The molecule has 1 aromatic carbocycles. The van der Waals surface area contributed by atoms with E-state index in [0.717, 1.165) is 0 Å². The molecule has 7 heteroatoms. The van der Waals surface area contributed by atoms with Crippen molar-refractivity contribution in [1.82, 2.24) is 3.97 Å². The van der Waals surface area contributed by atoms with Crippen LogP contribution in [0.25, 0.3) is 10.9 Å². The molecule has 5 nitrogen and oxygen atoms in total. The lowest BCUT2D eigenvalue weighted by atomic mass is 10.1. The Labute approximate surface area is 143 Å². The van der Waals surface area contributed by atoms with Gasteiger partial charge in [-0.15, -0.1) is 6.58 Å². The van der Waals surface area contributed by atoms with Gasteiger partial charge in [0.15, 0.2) is 0 Å². The number of hydrogen-bond donors (Lipinski definition) is 0. The van der Waals surface area contributed by atoms with Gasteiger partial charge >= 0.3 is 5.97 Å². The second kappa shape index (κ2) is 5.49. The molecule has 1 aliphatic rings. The molecule has 1 saturated carbocycles. The first-order valence-corrected chi connectivity index (χ1v) is 9.34. The minimum atomic E-state index is -3.57. The van der Waals surface area contributed by atoms with Gasteiger partial charge in [-0.25, -0.2) is 17.2 Å². The van der Waals surface area contributed by atoms with E-state index < -0.39 is 20.7 Å². The highest BCUT2D eigenvalue weighted by Crippen LogP contribution is 2.48. The summed E-state index contributed by atoms with van der Waals surface area (Å²) in [5.41, 5.74) is 0.800. The summed E-state index contributed by atoms with van der Waals surface area (Å²) >= 11 is 3.33. The number of carbonyl (C=O) groups is 1. The minimum Gasteiger partial charge on any atom is -0.465 e. The number of rotatable bonds is 5. The Bertz CT molecular complexity index is 910. The third kappa shape index (κ3) is 2.42. The van der Waals surface area contributed by atoms with Crippen LogP contribution in [0.4, 0.5) is 0 Å². The monoisotopic (exact) mass is 397 g/mol. The van der Waals surface area contributed by atoms with Gasteiger partial charge in [0.1, 0.15) is 0 Å². The van der Waals surface area contributed by atoms with Gasteiger partial charge in [-0.3, -0.25) is 0 Å². The molecule has 122 valence electrons. The Morgan fingerprint density at radius 1 is 1.48 bits per heavy atom. The standard InChI is InChI=1S/C16H16BrNO4S/c1-3-5-16(6-7-16)23(20,21)18-8-4-12-13(15(19)22-2)9-11(17)10-14(12)18/h3-4,8-10H,1,5-7H2,2H3. The molecule has 0 saturated heterocycles. The van der Waals surface area contributed by atoms with E-state index >= 15 is 0 Å². The predicted molar refractivity (Wildman–Crippen MR) is 92.1 cm³/mol. The number of benzene rings is 1. The van der Waals surface area contributed by atoms with Crippen molar-refractivity contribution in [3.05, 3.63) is 47.1 Å². The van der Waals surface area contributed by atoms with Crippen molar-refractivity contribution in [2.24, 2.45) is 0 Å². The lowest BCUT2D eigenvalue weighted by Gasteiger charge is -2.16. The van der Waals surface area contributed by atoms with Crippen LogP contribution in [0, 0.1) is 0 Å². The number of ether oxygens (including phenoxy) is 1. The molecule has 0 atom stereocenters. The van der Waals surface area contributed by atoms with Gasteiger partial charge < -0.3 is 4.74 Å². The summed E-state index contributed by atoms with van der Waals surface area (Å²) in [6.07, 6.45) is 4.82. The van der Waals surface area contributed by atoms with Crippen LogP contribution in [-0.4, -0.2) is 30.2 Å². The molecule has 23 heavy (non-hydrogen) atoms. The number of halogens is 1. The van der Waals surface area contributed by atoms with E-state index in [-0.39, 0.29) is 0 Å². The van der Waals surface area contributed by atoms with Crippen molar-refractivity contribution >= 4 is 42.8 Å². The average molecular weight is 398 g/mol. The van der Waals surface area contributed by atoms with Gasteiger partial charge in [-0.05, 0) is 37.5 Å². The van der Waals surface area contributed by atoms with Crippen LogP contribution in [0.2, 0.25) is 0 Å². The lowest BCUT2D eigenvalue weighted by Crippen LogP contribution is -2.28.